The average molecular weight is 346 g/mol. The molecule has 0 aliphatic carbocycles. The number of aryl methyl sites for hydroxylation is 1. The number of rotatable bonds is 4. The van der Waals surface area contributed by atoms with Gasteiger partial charge in [0, 0.05) is 32.0 Å². The van der Waals surface area contributed by atoms with Crippen molar-refractivity contribution in [1.82, 2.24) is 19.7 Å². The molecule has 4 rings (SSSR count). The Hall–Kier alpha value is -1.73. The quantitative estimate of drug-likeness (QED) is 0.796. The second-order valence-corrected chi connectivity index (χ2v) is 7.53. The van der Waals surface area contributed by atoms with Crippen LogP contribution in [0.4, 0.5) is 0 Å². The minimum Gasteiger partial charge on any atom is -0.465 e. The zero-order chi connectivity index (χ0) is 16.5. The molecule has 2 aromatic heterocycles. The predicted molar refractivity (Wildman–Crippen MR) is 91.3 cm³/mol. The summed E-state index contributed by atoms with van der Waals surface area (Å²) in [4.78, 5) is 14.7. The van der Waals surface area contributed by atoms with E-state index >= 15 is 0 Å². The van der Waals surface area contributed by atoms with E-state index in [-0.39, 0.29) is 5.97 Å². The van der Waals surface area contributed by atoms with Gasteiger partial charge in [-0.1, -0.05) is 0 Å². The van der Waals surface area contributed by atoms with E-state index in [1.807, 2.05) is 6.07 Å². The number of esters is 1. The van der Waals surface area contributed by atoms with E-state index in [0.717, 1.165) is 38.4 Å². The molecule has 1 fully saturated rings. The van der Waals surface area contributed by atoms with Gasteiger partial charge in [-0.25, -0.2) is 4.79 Å². The monoisotopic (exact) mass is 346 g/mol. The first kappa shape index (κ1) is 15.8. The van der Waals surface area contributed by atoms with Crippen LogP contribution < -0.4 is 0 Å². The van der Waals surface area contributed by atoms with Gasteiger partial charge in [0.2, 0.25) is 0 Å². The van der Waals surface area contributed by atoms with Gasteiger partial charge in [-0.05, 0) is 42.8 Å². The fraction of sp³-hybridized carbons (Fsp3) is 0.588. The highest BCUT2D eigenvalue weighted by Crippen LogP contribution is 2.29. The number of carbonyl (C=O) groups excluding carboxylic acids is 1. The number of hydrogen-bond acceptors (Lipinski definition) is 6. The van der Waals surface area contributed by atoms with E-state index in [9.17, 15) is 4.79 Å². The summed E-state index contributed by atoms with van der Waals surface area (Å²) >= 11 is 1.46. The minimum atomic E-state index is -0.248. The summed E-state index contributed by atoms with van der Waals surface area (Å²) in [7, 11) is 1.42. The van der Waals surface area contributed by atoms with Gasteiger partial charge < -0.3 is 9.30 Å². The zero-order valence-electron chi connectivity index (χ0n) is 13.9. The number of ether oxygens (including phenoxy) is 1. The molecule has 1 atom stereocenters. The van der Waals surface area contributed by atoms with Gasteiger partial charge in [0.15, 0.2) is 0 Å². The van der Waals surface area contributed by atoms with Crippen molar-refractivity contribution >= 4 is 17.3 Å². The van der Waals surface area contributed by atoms with Crippen molar-refractivity contribution in [2.24, 2.45) is 0 Å². The molecule has 6 nitrogen and oxygen atoms in total. The lowest BCUT2D eigenvalue weighted by Gasteiger charge is -2.32. The first-order valence-electron chi connectivity index (χ1n) is 8.54. The Morgan fingerprint density at radius 3 is 3.17 bits per heavy atom. The van der Waals surface area contributed by atoms with E-state index in [1.54, 1.807) is 0 Å². The van der Waals surface area contributed by atoms with Crippen LogP contribution in [0.25, 0.3) is 0 Å². The summed E-state index contributed by atoms with van der Waals surface area (Å²) < 4.78 is 7.12. The topological polar surface area (TPSA) is 60.2 Å². The summed E-state index contributed by atoms with van der Waals surface area (Å²) in [6.07, 6.45) is 4.63. The van der Waals surface area contributed by atoms with Crippen molar-refractivity contribution in [2.45, 2.75) is 44.7 Å². The summed E-state index contributed by atoms with van der Waals surface area (Å²) in [6, 6.07) is 1.95. The molecule has 4 heterocycles. The molecule has 0 N–H and O–H groups in total. The van der Waals surface area contributed by atoms with E-state index in [0.29, 0.717) is 10.8 Å². The van der Waals surface area contributed by atoms with Crippen LogP contribution in [0.5, 0.6) is 0 Å². The van der Waals surface area contributed by atoms with E-state index in [2.05, 4.69) is 25.0 Å². The molecule has 0 amide bonds. The lowest BCUT2D eigenvalue weighted by atomic mass is 9.97. The van der Waals surface area contributed by atoms with Crippen molar-refractivity contribution in [1.29, 1.82) is 0 Å². The van der Waals surface area contributed by atoms with Crippen LogP contribution in [0, 0.1) is 0 Å². The first-order chi connectivity index (χ1) is 11.7. The number of aromatic nitrogens is 3. The third kappa shape index (κ3) is 2.98. The molecule has 0 unspecified atom stereocenters. The van der Waals surface area contributed by atoms with Crippen LogP contribution in [-0.4, -0.2) is 45.8 Å². The van der Waals surface area contributed by atoms with Gasteiger partial charge in [-0.15, -0.1) is 21.5 Å². The second-order valence-electron chi connectivity index (χ2n) is 6.61. The van der Waals surface area contributed by atoms with Gasteiger partial charge in [-0.2, -0.15) is 0 Å². The van der Waals surface area contributed by atoms with Crippen LogP contribution in [0.1, 0.15) is 52.1 Å². The maximum atomic E-state index is 11.6. The SMILES string of the molecule is COC(=O)c1cc(CN2CCC[C@H](c3nnc4n3CCC4)C2)cs1. The molecule has 0 bridgehead atoms. The molecule has 0 spiro atoms. The summed E-state index contributed by atoms with van der Waals surface area (Å²) in [6.45, 7) is 4.06. The Balaban J connectivity index is 1.43. The molecule has 2 aromatic rings. The number of hydrogen-bond donors (Lipinski definition) is 0. The molecule has 2 aliphatic rings. The molecule has 0 saturated carbocycles. The number of piperidine rings is 1. The molecule has 0 aromatic carbocycles. The number of methoxy groups -OCH3 is 1. The smallest absolute Gasteiger partial charge is 0.348 e. The van der Waals surface area contributed by atoms with E-state index < -0.39 is 0 Å². The normalized spacial score (nSPS) is 21.0. The lowest BCUT2D eigenvalue weighted by Crippen LogP contribution is -2.34. The van der Waals surface area contributed by atoms with Crippen molar-refractivity contribution in [3.05, 3.63) is 33.5 Å². The average Bonchev–Trinajstić information content (AvgIpc) is 3.30. The Morgan fingerprint density at radius 2 is 2.29 bits per heavy atom. The van der Waals surface area contributed by atoms with Gasteiger partial charge in [0.1, 0.15) is 16.5 Å². The fourth-order valence-electron chi connectivity index (χ4n) is 3.81. The lowest BCUT2D eigenvalue weighted by molar-refractivity contribution is 0.0606. The summed E-state index contributed by atoms with van der Waals surface area (Å²) in [5.74, 6) is 2.55. The Bertz CT molecular complexity index is 739. The number of nitrogens with zero attached hydrogens (tertiary/aromatic N) is 4. The molecule has 24 heavy (non-hydrogen) atoms. The van der Waals surface area contributed by atoms with Crippen LogP contribution >= 0.6 is 11.3 Å². The highest BCUT2D eigenvalue weighted by molar-refractivity contribution is 7.12. The maximum Gasteiger partial charge on any atom is 0.348 e. The van der Waals surface area contributed by atoms with E-state index in [1.165, 1.54) is 49.1 Å². The summed E-state index contributed by atoms with van der Waals surface area (Å²) in [5.41, 5.74) is 1.19. The highest BCUT2D eigenvalue weighted by atomic mass is 32.1. The molecular weight excluding hydrogens is 324 g/mol. The predicted octanol–water partition coefficient (Wildman–Crippen LogP) is 2.45. The van der Waals surface area contributed by atoms with Crippen LogP contribution in [0.15, 0.2) is 11.4 Å². The molecule has 128 valence electrons. The van der Waals surface area contributed by atoms with Crippen molar-refractivity contribution in [2.75, 3.05) is 20.2 Å². The Kier molecular flexibility index (Phi) is 4.37. The standard InChI is InChI=1S/C17H22N4O2S/c1-23-17(22)14-8-12(11-24-14)9-20-6-2-4-13(10-20)16-19-18-15-5-3-7-21(15)16/h8,11,13H,2-7,9-10H2,1H3/t13-/m0/s1. The molecule has 2 aliphatic heterocycles. The van der Waals surface area contributed by atoms with Gasteiger partial charge in [0.25, 0.3) is 0 Å². The molecule has 7 heteroatoms. The van der Waals surface area contributed by atoms with Crippen molar-refractivity contribution < 1.29 is 9.53 Å². The van der Waals surface area contributed by atoms with Crippen LogP contribution in [-0.2, 0) is 24.2 Å². The molecule has 0 radical (unpaired) electrons. The largest absolute Gasteiger partial charge is 0.465 e. The van der Waals surface area contributed by atoms with Gasteiger partial charge >= 0.3 is 5.97 Å². The highest BCUT2D eigenvalue weighted by Gasteiger charge is 2.28. The molecule has 1 saturated heterocycles. The second kappa shape index (κ2) is 6.64. The number of likely N-dealkylation sites (tertiary alicyclic amines) is 1. The van der Waals surface area contributed by atoms with Crippen LogP contribution in [0.2, 0.25) is 0 Å². The summed E-state index contributed by atoms with van der Waals surface area (Å²) in [5, 5.41) is 10.9. The van der Waals surface area contributed by atoms with Gasteiger partial charge in [0.05, 0.1) is 7.11 Å². The van der Waals surface area contributed by atoms with Crippen LogP contribution in [0.3, 0.4) is 0 Å². The molecular formula is C17H22N4O2S. The van der Waals surface area contributed by atoms with Gasteiger partial charge in [-0.3, -0.25) is 4.90 Å². The maximum absolute atomic E-state index is 11.6. The number of fused-ring (bicyclic) bond motifs is 1. The minimum absolute atomic E-state index is 0.248. The first-order valence-corrected chi connectivity index (χ1v) is 9.42. The van der Waals surface area contributed by atoms with E-state index in [4.69, 9.17) is 4.74 Å². The third-order valence-electron chi connectivity index (χ3n) is 4.96. The van der Waals surface area contributed by atoms with Crippen molar-refractivity contribution in [3.8, 4) is 0 Å². The fourth-order valence-corrected chi connectivity index (χ4v) is 4.63. The number of carbonyl (C=O) groups is 1. The van der Waals surface area contributed by atoms with Crippen molar-refractivity contribution in [3.63, 3.8) is 0 Å². The number of thiophene rings is 1. The Labute approximate surface area is 145 Å². The third-order valence-corrected chi connectivity index (χ3v) is 5.91. The zero-order valence-corrected chi connectivity index (χ0v) is 14.7. The Morgan fingerprint density at radius 1 is 1.38 bits per heavy atom.